The zero-order valence-corrected chi connectivity index (χ0v) is 13.2. The number of nitrogens with one attached hydrogen (secondary N) is 1. The SMILES string of the molecule is Cc1cccc(NC2(c3ccccc3)OC(=O)c3ccccc32)n1. The fourth-order valence-corrected chi connectivity index (χ4v) is 3.06. The molecule has 4 nitrogen and oxygen atoms in total. The molecule has 0 fully saturated rings. The maximum absolute atomic E-state index is 12.4. The number of aromatic nitrogens is 1. The van der Waals surface area contributed by atoms with Crippen LogP contribution in [0.1, 0.15) is 27.2 Å². The number of ether oxygens (including phenoxy) is 1. The Morgan fingerprint density at radius 2 is 1.67 bits per heavy atom. The Morgan fingerprint density at radius 3 is 2.46 bits per heavy atom. The summed E-state index contributed by atoms with van der Waals surface area (Å²) in [6, 6.07) is 22.8. The van der Waals surface area contributed by atoms with E-state index >= 15 is 0 Å². The van der Waals surface area contributed by atoms with Crippen LogP contribution in [0.5, 0.6) is 0 Å². The van der Waals surface area contributed by atoms with Gasteiger partial charge in [0.05, 0.1) is 5.56 Å². The number of hydrogen-bond donors (Lipinski definition) is 1. The summed E-state index contributed by atoms with van der Waals surface area (Å²) >= 11 is 0. The van der Waals surface area contributed by atoms with Crippen LogP contribution in [-0.4, -0.2) is 11.0 Å². The van der Waals surface area contributed by atoms with E-state index in [1.807, 2.05) is 73.7 Å². The summed E-state index contributed by atoms with van der Waals surface area (Å²) in [7, 11) is 0. The van der Waals surface area contributed by atoms with Gasteiger partial charge in [-0.1, -0.05) is 54.6 Å². The number of cyclic esters (lactones) is 1. The van der Waals surface area contributed by atoms with Gasteiger partial charge in [0.2, 0.25) is 5.72 Å². The van der Waals surface area contributed by atoms with Gasteiger partial charge in [0, 0.05) is 16.8 Å². The van der Waals surface area contributed by atoms with E-state index in [2.05, 4.69) is 10.3 Å². The van der Waals surface area contributed by atoms with Crippen LogP contribution in [0, 0.1) is 6.92 Å². The molecule has 1 atom stereocenters. The van der Waals surface area contributed by atoms with Crippen LogP contribution >= 0.6 is 0 Å². The highest BCUT2D eigenvalue weighted by Gasteiger charge is 2.47. The van der Waals surface area contributed by atoms with Gasteiger partial charge in [-0.15, -0.1) is 0 Å². The van der Waals surface area contributed by atoms with Gasteiger partial charge >= 0.3 is 5.97 Å². The molecule has 0 bridgehead atoms. The fourth-order valence-electron chi connectivity index (χ4n) is 3.06. The lowest BCUT2D eigenvalue weighted by Crippen LogP contribution is -2.37. The van der Waals surface area contributed by atoms with Gasteiger partial charge in [-0.25, -0.2) is 9.78 Å². The molecule has 4 heteroatoms. The molecule has 4 rings (SSSR count). The second kappa shape index (κ2) is 5.49. The predicted molar refractivity (Wildman–Crippen MR) is 91.7 cm³/mol. The molecule has 0 saturated carbocycles. The number of pyridine rings is 1. The number of rotatable bonds is 3. The van der Waals surface area contributed by atoms with E-state index in [1.54, 1.807) is 6.07 Å². The number of carbonyl (C=O) groups is 1. The molecule has 1 aliphatic heterocycles. The van der Waals surface area contributed by atoms with Gasteiger partial charge in [0.1, 0.15) is 5.82 Å². The summed E-state index contributed by atoms with van der Waals surface area (Å²) < 4.78 is 5.86. The van der Waals surface area contributed by atoms with E-state index in [9.17, 15) is 4.79 Å². The first-order valence-corrected chi connectivity index (χ1v) is 7.79. The summed E-state index contributed by atoms with van der Waals surface area (Å²) in [5.74, 6) is 0.318. The predicted octanol–water partition coefficient (Wildman–Crippen LogP) is 3.87. The van der Waals surface area contributed by atoms with E-state index in [1.165, 1.54) is 0 Å². The Labute approximate surface area is 140 Å². The average molecular weight is 316 g/mol. The van der Waals surface area contributed by atoms with Crippen molar-refractivity contribution in [3.8, 4) is 0 Å². The van der Waals surface area contributed by atoms with E-state index < -0.39 is 5.72 Å². The number of anilines is 1. The first-order valence-electron chi connectivity index (χ1n) is 7.79. The van der Waals surface area contributed by atoms with Gasteiger partial charge in [0.25, 0.3) is 0 Å². The summed E-state index contributed by atoms with van der Waals surface area (Å²) in [4.78, 5) is 16.9. The lowest BCUT2D eigenvalue weighted by Gasteiger charge is -2.31. The van der Waals surface area contributed by atoms with Crippen molar-refractivity contribution < 1.29 is 9.53 Å². The Kier molecular flexibility index (Phi) is 3.31. The molecule has 2 heterocycles. The lowest BCUT2D eigenvalue weighted by molar-refractivity contribution is 0.0211. The van der Waals surface area contributed by atoms with E-state index in [0.717, 1.165) is 16.8 Å². The number of nitrogens with zero attached hydrogens (tertiary/aromatic N) is 1. The molecule has 0 aliphatic carbocycles. The van der Waals surface area contributed by atoms with Gasteiger partial charge < -0.3 is 10.1 Å². The van der Waals surface area contributed by atoms with Crippen LogP contribution in [0.2, 0.25) is 0 Å². The Balaban J connectivity index is 1.91. The Bertz CT molecular complexity index is 908. The maximum Gasteiger partial charge on any atom is 0.341 e. The van der Waals surface area contributed by atoms with E-state index in [-0.39, 0.29) is 5.97 Å². The third-order valence-electron chi connectivity index (χ3n) is 4.14. The number of benzene rings is 2. The van der Waals surface area contributed by atoms with Gasteiger partial charge in [-0.3, -0.25) is 0 Å². The standard InChI is InChI=1S/C20H16N2O2/c1-14-8-7-13-18(21-14)22-20(15-9-3-2-4-10-15)17-12-6-5-11-16(17)19(23)24-20/h2-13H,1H3,(H,21,22). The Hall–Kier alpha value is -3.14. The number of aryl methyl sites for hydroxylation is 1. The zero-order chi connectivity index (χ0) is 16.6. The van der Waals surface area contributed by atoms with Gasteiger partial charge in [0.15, 0.2) is 0 Å². The third-order valence-corrected chi connectivity index (χ3v) is 4.14. The molecule has 1 unspecified atom stereocenters. The molecule has 3 aromatic rings. The number of fused-ring (bicyclic) bond motifs is 1. The van der Waals surface area contributed by atoms with E-state index in [0.29, 0.717) is 11.4 Å². The molecular weight excluding hydrogens is 300 g/mol. The monoisotopic (exact) mass is 316 g/mol. The maximum atomic E-state index is 12.4. The number of esters is 1. The molecule has 24 heavy (non-hydrogen) atoms. The van der Waals surface area contributed by atoms with Crippen molar-refractivity contribution in [3.63, 3.8) is 0 Å². The molecular formula is C20H16N2O2. The van der Waals surface area contributed by atoms with E-state index in [4.69, 9.17) is 4.74 Å². The van der Waals surface area contributed by atoms with Crippen molar-refractivity contribution in [2.24, 2.45) is 0 Å². The third kappa shape index (κ3) is 2.24. The van der Waals surface area contributed by atoms with Crippen LogP contribution in [0.15, 0.2) is 72.8 Å². The molecule has 0 saturated heterocycles. The second-order valence-electron chi connectivity index (χ2n) is 5.77. The first-order chi connectivity index (χ1) is 11.7. The molecule has 2 aromatic carbocycles. The zero-order valence-electron chi connectivity index (χ0n) is 13.2. The van der Waals surface area contributed by atoms with Crippen LogP contribution in [0.4, 0.5) is 5.82 Å². The van der Waals surface area contributed by atoms with Crippen molar-refractivity contribution in [2.45, 2.75) is 12.6 Å². The highest BCUT2D eigenvalue weighted by atomic mass is 16.6. The van der Waals surface area contributed by atoms with Gasteiger partial charge in [-0.05, 0) is 25.1 Å². The normalized spacial score (nSPS) is 18.8. The minimum absolute atomic E-state index is 0.338. The summed E-state index contributed by atoms with van der Waals surface area (Å²) in [6.45, 7) is 1.93. The van der Waals surface area contributed by atoms with Crippen LogP contribution in [0.25, 0.3) is 0 Å². The van der Waals surface area contributed by atoms with Crippen molar-refractivity contribution in [3.05, 3.63) is 95.2 Å². The molecule has 0 amide bonds. The topological polar surface area (TPSA) is 51.2 Å². The van der Waals surface area contributed by atoms with Crippen molar-refractivity contribution in [1.29, 1.82) is 0 Å². The second-order valence-corrected chi connectivity index (χ2v) is 5.77. The fraction of sp³-hybridized carbons (Fsp3) is 0.100. The van der Waals surface area contributed by atoms with Crippen LogP contribution in [-0.2, 0) is 10.5 Å². The minimum atomic E-state index is -1.07. The molecule has 0 spiro atoms. The molecule has 118 valence electrons. The smallest absolute Gasteiger partial charge is 0.341 e. The molecule has 1 aromatic heterocycles. The number of hydrogen-bond acceptors (Lipinski definition) is 4. The van der Waals surface area contributed by atoms with Crippen molar-refractivity contribution >= 4 is 11.8 Å². The summed E-state index contributed by atoms with van der Waals surface area (Å²) in [6.07, 6.45) is 0. The minimum Gasteiger partial charge on any atom is -0.427 e. The molecule has 1 aliphatic rings. The van der Waals surface area contributed by atoms with Gasteiger partial charge in [-0.2, -0.15) is 0 Å². The summed E-state index contributed by atoms with van der Waals surface area (Å²) in [5, 5.41) is 3.34. The highest BCUT2D eigenvalue weighted by Crippen LogP contribution is 2.42. The first kappa shape index (κ1) is 14.5. The molecule has 1 N–H and O–H groups in total. The Morgan fingerprint density at radius 1 is 0.917 bits per heavy atom. The number of carbonyl (C=O) groups excluding carboxylic acids is 1. The molecule has 0 radical (unpaired) electrons. The quantitative estimate of drug-likeness (QED) is 0.745. The lowest BCUT2D eigenvalue weighted by atomic mass is 9.93. The van der Waals surface area contributed by atoms with Crippen molar-refractivity contribution in [1.82, 2.24) is 4.98 Å². The van der Waals surface area contributed by atoms with Crippen LogP contribution < -0.4 is 5.32 Å². The highest BCUT2D eigenvalue weighted by molar-refractivity contribution is 5.96. The van der Waals surface area contributed by atoms with Crippen LogP contribution in [0.3, 0.4) is 0 Å². The van der Waals surface area contributed by atoms with Crippen molar-refractivity contribution in [2.75, 3.05) is 5.32 Å². The summed E-state index contributed by atoms with van der Waals surface area (Å²) in [5.41, 5.74) is 2.04. The average Bonchev–Trinajstić information content (AvgIpc) is 2.89. The largest absolute Gasteiger partial charge is 0.427 e.